The Kier molecular flexibility index (Phi) is 2.78. The Hall–Kier alpha value is -1.68. The van der Waals surface area contributed by atoms with Crippen LogP contribution in [0.3, 0.4) is 0 Å². The van der Waals surface area contributed by atoms with Gasteiger partial charge in [0.1, 0.15) is 5.75 Å². The molecule has 0 fully saturated rings. The standard InChI is InChI=1S/C11H9NO2S/c1-8(13)10-7-12-11(15-10)14-9-5-3-2-4-6-9/h2-7H,1H3. The molecule has 0 saturated heterocycles. The van der Waals surface area contributed by atoms with E-state index in [1.54, 1.807) is 0 Å². The van der Waals surface area contributed by atoms with E-state index in [1.807, 2.05) is 30.3 Å². The van der Waals surface area contributed by atoms with Crippen molar-refractivity contribution in [2.45, 2.75) is 6.92 Å². The third-order valence-electron chi connectivity index (χ3n) is 1.78. The summed E-state index contributed by atoms with van der Waals surface area (Å²) in [5, 5.41) is 0.492. The third-order valence-corrected chi connectivity index (χ3v) is 2.76. The summed E-state index contributed by atoms with van der Waals surface area (Å²) in [7, 11) is 0. The second-order valence-corrected chi connectivity index (χ2v) is 3.95. The molecule has 0 radical (unpaired) electrons. The first-order valence-electron chi connectivity index (χ1n) is 4.45. The zero-order chi connectivity index (χ0) is 10.7. The smallest absolute Gasteiger partial charge is 0.279 e. The second kappa shape index (κ2) is 4.23. The van der Waals surface area contributed by atoms with Gasteiger partial charge in [-0.3, -0.25) is 4.79 Å². The fourth-order valence-electron chi connectivity index (χ4n) is 1.06. The Labute approximate surface area is 91.4 Å². The number of nitrogens with zero attached hydrogens (tertiary/aromatic N) is 1. The first-order valence-corrected chi connectivity index (χ1v) is 5.27. The summed E-state index contributed by atoms with van der Waals surface area (Å²) in [5.74, 6) is 0.734. The van der Waals surface area contributed by atoms with Crippen LogP contribution in [-0.4, -0.2) is 10.8 Å². The van der Waals surface area contributed by atoms with E-state index in [2.05, 4.69) is 4.98 Å². The third kappa shape index (κ3) is 2.41. The number of ether oxygens (including phenoxy) is 1. The molecular formula is C11H9NO2S. The molecule has 0 saturated carbocycles. The number of aromatic nitrogens is 1. The van der Waals surface area contributed by atoms with Gasteiger partial charge in [0.15, 0.2) is 5.78 Å². The zero-order valence-corrected chi connectivity index (χ0v) is 8.95. The van der Waals surface area contributed by atoms with E-state index in [1.165, 1.54) is 24.5 Å². The molecule has 3 nitrogen and oxygen atoms in total. The van der Waals surface area contributed by atoms with Crippen molar-refractivity contribution in [2.75, 3.05) is 0 Å². The van der Waals surface area contributed by atoms with E-state index in [4.69, 9.17) is 4.74 Å². The Bertz CT molecular complexity index is 464. The van der Waals surface area contributed by atoms with E-state index in [0.717, 1.165) is 5.75 Å². The summed E-state index contributed by atoms with van der Waals surface area (Å²) in [6, 6.07) is 9.36. The topological polar surface area (TPSA) is 39.2 Å². The predicted molar refractivity (Wildman–Crippen MR) is 58.6 cm³/mol. The summed E-state index contributed by atoms with van der Waals surface area (Å²) in [4.78, 5) is 15.6. The molecule has 2 rings (SSSR count). The van der Waals surface area contributed by atoms with Crippen LogP contribution in [0.25, 0.3) is 0 Å². The normalized spacial score (nSPS) is 9.93. The first kappa shape index (κ1) is 9.86. The van der Waals surface area contributed by atoms with Crippen molar-refractivity contribution in [2.24, 2.45) is 0 Å². The number of carbonyl (C=O) groups excluding carboxylic acids is 1. The molecular weight excluding hydrogens is 210 g/mol. The van der Waals surface area contributed by atoms with Crippen molar-refractivity contribution < 1.29 is 9.53 Å². The average Bonchev–Trinajstić information content (AvgIpc) is 2.68. The molecule has 0 atom stereocenters. The van der Waals surface area contributed by atoms with Crippen LogP contribution in [-0.2, 0) is 0 Å². The molecule has 0 unspecified atom stereocenters. The van der Waals surface area contributed by atoms with Crippen LogP contribution >= 0.6 is 11.3 Å². The fraction of sp³-hybridized carbons (Fsp3) is 0.0909. The lowest BCUT2D eigenvalue weighted by atomic mass is 10.3. The highest BCUT2D eigenvalue weighted by Crippen LogP contribution is 2.26. The molecule has 0 spiro atoms. The van der Waals surface area contributed by atoms with E-state index in [-0.39, 0.29) is 5.78 Å². The minimum absolute atomic E-state index is 0.00964. The molecule has 0 N–H and O–H groups in total. The average molecular weight is 219 g/mol. The van der Waals surface area contributed by atoms with Gasteiger partial charge in [0.2, 0.25) is 0 Å². The molecule has 0 amide bonds. The van der Waals surface area contributed by atoms with Gasteiger partial charge in [-0.2, -0.15) is 0 Å². The Morgan fingerprint density at radius 3 is 2.67 bits per heavy atom. The number of rotatable bonds is 3. The van der Waals surface area contributed by atoms with Crippen molar-refractivity contribution in [3.05, 3.63) is 41.4 Å². The molecule has 0 aliphatic rings. The maximum atomic E-state index is 11.0. The minimum Gasteiger partial charge on any atom is -0.431 e. The minimum atomic E-state index is 0.00964. The molecule has 4 heteroatoms. The molecule has 1 heterocycles. The number of ketones is 1. The summed E-state index contributed by atoms with van der Waals surface area (Å²) in [6.07, 6.45) is 1.53. The molecule has 76 valence electrons. The van der Waals surface area contributed by atoms with Crippen LogP contribution in [0.4, 0.5) is 0 Å². The molecule has 0 aliphatic carbocycles. The van der Waals surface area contributed by atoms with Gasteiger partial charge in [-0.05, 0) is 12.1 Å². The van der Waals surface area contributed by atoms with Crippen molar-refractivity contribution in [1.29, 1.82) is 0 Å². The van der Waals surface area contributed by atoms with Gasteiger partial charge in [-0.15, -0.1) is 0 Å². The molecule has 2 aromatic rings. The Balaban J connectivity index is 2.15. The van der Waals surface area contributed by atoms with Gasteiger partial charge in [0.25, 0.3) is 5.19 Å². The largest absolute Gasteiger partial charge is 0.431 e. The number of thiazole rings is 1. The lowest BCUT2D eigenvalue weighted by molar-refractivity contribution is 0.102. The van der Waals surface area contributed by atoms with Crippen LogP contribution in [0.5, 0.6) is 10.9 Å². The molecule has 1 aromatic heterocycles. The predicted octanol–water partition coefficient (Wildman–Crippen LogP) is 3.14. The molecule has 0 bridgehead atoms. The zero-order valence-electron chi connectivity index (χ0n) is 8.14. The molecule has 15 heavy (non-hydrogen) atoms. The number of Topliss-reactive ketones (excluding diaryl/α,β-unsaturated/α-hetero) is 1. The van der Waals surface area contributed by atoms with Crippen LogP contribution in [0.15, 0.2) is 36.5 Å². The maximum absolute atomic E-state index is 11.0. The number of carbonyl (C=O) groups is 1. The molecule has 0 aliphatic heterocycles. The quantitative estimate of drug-likeness (QED) is 0.744. The van der Waals surface area contributed by atoms with Crippen molar-refractivity contribution in [1.82, 2.24) is 4.98 Å². The van der Waals surface area contributed by atoms with Crippen LogP contribution in [0.1, 0.15) is 16.6 Å². The van der Waals surface area contributed by atoms with Crippen LogP contribution in [0, 0.1) is 0 Å². The second-order valence-electron chi connectivity index (χ2n) is 2.96. The number of benzene rings is 1. The number of hydrogen-bond acceptors (Lipinski definition) is 4. The SMILES string of the molecule is CC(=O)c1cnc(Oc2ccccc2)s1. The summed E-state index contributed by atoms with van der Waals surface area (Å²) < 4.78 is 5.46. The van der Waals surface area contributed by atoms with Gasteiger partial charge in [-0.25, -0.2) is 4.98 Å². The van der Waals surface area contributed by atoms with Gasteiger partial charge in [0, 0.05) is 6.92 Å². The van der Waals surface area contributed by atoms with Crippen molar-refractivity contribution >= 4 is 17.1 Å². The van der Waals surface area contributed by atoms with E-state index < -0.39 is 0 Å². The Morgan fingerprint density at radius 1 is 1.33 bits per heavy atom. The number of hydrogen-bond donors (Lipinski definition) is 0. The van der Waals surface area contributed by atoms with Gasteiger partial charge < -0.3 is 4.74 Å². The van der Waals surface area contributed by atoms with Crippen molar-refractivity contribution in [3.8, 4) is 10.9 Å². The van der Waals surface area contributed by atoms with Gasteiger partial charge in [0.05, 0.1) is 11.1 Å². The first-order chi connectivity index (χ1) is 7.25. The monoisotopic (exact) mass is 219 g/mol. The van der Waals surface area contributed by atoms with Gasteiger partial charge >= 0.3 is 0 Å². The highest BCUT2D eigenvalue weighted by molar-refractivity contribution is 7.15. The number of para-hydroxylation sites is 1. The highest BCUT2D eigenvalue weighted by atomic mass is 32.1. The van der Waals surface area contributed by atoms with Crippen LogP contribution < -0.4 is 4.74 Å². The lowest BCUT2D eigenvalue weighted by Gasteiger charge is -1.98. The summed E-state index contributed by atoms with van der Waals surface area (Å²) in [5.41, 5.74) is 0. The lowest BCUT2D eigenvalue weighted by Crippen LogP contribution is -1.83. The van der Waals surface area contributed by atoms with Crippen molar-refractivity contribution in [3.63, 3.8) is 0 Å². The Morgan fingerprint density at radius 2 is 2.07 bits per heavy atom. The van der Waals surface area contributed by atoms with E-state index in [9.17, 15) is 4.79 Å². The fourth-order valence-corrected chi connectivity index (χ4v) is 1.74. The van der Waals surface area contributed by atoms with Crippen LogP contribution in [0.2, 0.25) is 0 Å². The van der Waals surface area contributed by atoms with Gasteiger partial charge in [-0.1, -0.05) is 29.5 Å². The maximum Gasteiger partial charge on any atom is 0.279 e. The highest BCUT2D eigenvalue weighted by Gasteiger charge is 2.07. The van der Waals surface area contributed by atoms with E-state index >= 15 is 0 Å². The summed E-state index contributed by atoms with van der Waals surface area (Å²) in [6.45, 7) is 1.51. The summed E-state index contributed by atoms with van der Waals surface area (Å²) >= 11 is 1.25. The van der Waals surface area contributed by atoms with E-state index in [0.29, 0.717) is 10.1 Å². The molecule has 1 aromatic carbocycles.